The molecule has 0 aromatic heterocycles. The predicted octanol–water partition coefficient (Wildman–Crippen LogP) is 14.1. The zero-order valence-corrected chi connectivity index (χ0v) is 41.5. The highest BCUT2D eigenvalue weighted by atomic mass is 31.2. The van der Waals surface area contributed by atoms with Crippen LogP contribution in [-0.4, -0.2) is 75.4 Å². The number of ether oxygens (including phenoxy) is 4. The fraction of sp³-hybridized carbons (Fsp3) is 0.898. The van der Waals surface area contributed by atoms with Crippen LogP contribution in [0.3, 0.4) is 0 Å². The van der Waals surface area contributed by atoms with Crippen molar-refractivity contribution in [2.45, 2.75) is 246 Å². The number of rotatable bonds is 45. The third kappa shape index (κ3) is 40.8. The van der Waals surface area contributed by atoms with Crippen LogP contribution in [0.4, 0.5) is 4.79 Å². The molecule has 0 aromatic carbocycles. The molecular formula is C49H94NO11P. The number of phosphoric ester groups is 1. The lowest BCUT2D eigenvalue weighted by molar-refractivity contribution is -0.156. The normalized spacial score (nSPS) is 13.6. The Morgan fingerprint density at radius 1 is 0.565 bits per heavy atom. The van der Waals surface area contributed by atoms with E-state index < -0.39 is 31.6 Å². The maximum absolute atomic E-state index is 13.6. The summed E-state index contributed by atoms with van der Waals surface area (Å²) in [5.74, 6) is -0.552. The minimum atomic E-state index is -4.16. The van der Waals surface area contributed by atoms with Crippen LogP contribution in [0.25, 0.3) is 0 Å². The quantitative estimate of drug-likeness (QED) is 0.0205. The van der Waals surface area contributed by atoms with Gasteiger partial charge in [0.1, 0.15) is 17.8 Å². The monoisotopic (exact) mass is 904 g/mol. The molecule has 62 heavy (non-hydrogen) atoms. The number of nitrogens with one attached hydrogen (secondary N) is 1. The molecule has 13 heteroatoms. The van der Waals surface area contributed by atoms with Crippen molar-refractivity contribution >= 4 is 25.9 Å². The third-order valence-electron chi connectivity index (χ3n) is 10.4. The lowest BCUT2D eigenvalue weighted by atomic mass is 10.1. The second kappa shape index (κ2) is 41.7. The van der Waals surface area contributed by atoms with Crippen molar-refractivity contribution in [2.75, 3.05) is 39.6 Å². The highest BCUT2D eigenvalue weighted by molar-refractivity contribution is 7.48. The molecule has 12 nitrogen and oxygen atoms in total. The molecule has 0 aliphatic heterocycles. The van der Waals surface area contributed by atoms with Crippen LogP contribution in [0.1, 0.15) is 228 Å². The van der Waals surface area contributed by atoms with Gasteiger partial charge in [-0.25, -0.2) is 9.36 Å². The summed E-state index contributed by atoms with van der Waals surface area (Å²) in [6, 6.07) is 0. The molecule has 3 atom stereocenters. The molecule has 1 N–H and O–H groups in total. The molecule has 1 unspecified atom stereocenters. The van der Waals surface area contributed by atoms with E-state index in [1.165, 1.54) is 96.0 Å². The summed E-state index contributed by atoms with van der Waals surface area (Å²) in [5.41, 5.74) is -0.676. The molecule has 1 amide bonds. The van der Waals surface area contributed by atoms with Crippen molar-refractivity contribution in [1.29, 1.82) is 0 Å². The number of esters is 2. The topological polar surface area (TPSA) is 145 Å². The first-order chi connectivity index (χ1) is 29.9. The van der Waals surface area contributed by atoms with Gasteiger partial charge >= 0.3 is 25.9 Å². The van der Waals surface area contributed by atoms with Gasteiger partial charge in [-0.05, 0) is 46.5 Å². The zero-order valence-electron chi connectivity index (χ0n) is 40.6. The van der Waals surface area contributed by atoms with E-state index in [1.807, 2.05) is 0 Å². The van der Waals surface area contributed by atoms with E-state index in [4.69, 9.17) is 32.5 Å². The first-order valence-corrected chi connectivity index (χ1v) is 26.4. The molecule has 0 aromatic rings. The average molecular weight is 904 g/mol. The van der Waals surface area contributed by atoms with Gasteiger partial charge in [0, 0.05) is 25.8 Å². The number of amides is 1. The second-order valence-electron chi connectivity index (χ2n) is 17.7. The maximum Gasteiger partial charge on any atom is 0.475 e. The summed E-state index contributed by atoms with van der Waals surface area (Å²) in [4.78, 5) is 38.0. The van der Waals surface area contributed by atoms with Crippen molar-refractivity contribution in [1.82, 2.24) is 5.32 Å². The zero-order chi connectivity index (χ0) is 46.0. The molecule has 0 spiro atoms. The van der Waals surface area contributed by atoms with Gasteiger partial charge in [0.2, 0.25) is 0 Å². The summed E-state index contributed by atoms with van der Waals surface area (Å²) >= 11 is 0. The van der Waals surface area contributed by atoms with Crippen LogP contribution >= 0.6 is 7.82 Å². The molecule has 0 aliphatic rings. The van der Waals surface area contributed by atoms with Gasteiger partial charge in [0.05, 0.1) is 33.0 Å². The summed E-state index contributed by atoms with van der Waals surface area (Å²) in [6.45, 7) is 15.1. The molecule has 366 valence electrons. The number of carbonyl (C=O) groups is 3. The Bertz CT molecular complexity index is 1130. The van der Waals surface area contributed by atoms with Gasteiger partial charge in [-0.2, -0.15) is 0 Å². The van der Waals surface area contributed by atoms with E-state index >= 15 is 0 Å². The molecule has 0 saturated carbocycles. The van der Waals surface area contributed by atoms with Gasteiger partial charge in [-0.3, -0.25) is 23.2 Å². The minimum absolute atomic E-state index is 0.0102. The Kier molecular flexibility index (Phi) is 40.4. The molecule has 0 bridgehead atoms. The number of hydrogen-bond acceptors (Lipinski definition) is 11. The molecule has 0 saturated heterocycles. The Balaban J connectivity index is 5.32. The average Bonchev–Trinajstić information content (AvgIpc) is 3.22. The smallest absolute Gasteiger partial charge is 0.462 e. The van der Waals surface area contributed by atoms with Crippen LogP contribution < -0.4 is 5.32 Å². The highest BCUT2D eigenvalue weighted by Crippen LogP contribution is 2.49. The number of hydrogen-bond donors (Lipinski definition) is 1. The van der Waals surface area contributed by atoms with Gasteiger partial charge in [-0.15, -0.1) is 6.58 Å². The largest absolute Gasteiger partial charge is 0.475 e. The highest BCUT2D eigenvalue weighted by Gasteiger charge is 2.30. The van der Waals surface area contributed by atoms with Crippen LogP contribution in [0, 0.1) is 0 Å². The van der Waals surface area contributed by atoms with E-state index in [-0.39, 0.29) is 58.1 Å². The fourth-order valence-electron chi connectivity index (χ4n) is 6.84. The number of unbranched alkanes of at least 4 members (excludes halogenated alkanes) is 22. The van der Waals surface area contributed by atoms with Crippen LogP contribution in [0.15, 0.2) is 12.7 Å². The maximum atomic E-state index is 13.6. The Morgan fingerprint density at radius 3 is 1.48 bits per heavy atom. The van der Waals surface area contributed by atoms with Crippen molar-refractivity contribution in [3.63, 3.8) is 0 Å². The molecule has 0 heterocycles. The van der Waals surface area contributed by atoms with Crippen LogP contribution in [0.5, 0.6) is 0 Å². The van der Waals surface area contributed by atoms with Crippen LogP contribution in [-0.2, 0) is 46.7 Å². The van der Waals surface area contributed by atoms with E-state index in [0.717, 1.165) is 70.6 Å². The number of carbonyl (C=O) groups excluding carboxylic acids is 3. The molecule has 0 aliphatic carbocycles. The molecular weight excluding hydrogens is 810 g/mol. The van der Waals surface area contributed by atoms with Crippen LogP contribution in [0.2, 0.25) is 0 Å². The standard InChI is InChI=1S/C49H94NO11P/c1-8-12-15-18-20-22-23-25-27-30-33-36-47(52)60-45(43-58-62(54,56-39-11-4)57-41-38-50-48(53)61-49(5,6)7)42-55-40-37-44(34-31-28-17-14-10-3)59-46(51)35-32-29-26-24-21-19-16-13-9-2/h11,44-45H,4,8-10,12-43H2,1-3,5-7H3,(H,50,53)/t44-,45+,62?/m1/s1. The Labute approximate surface area is 379 Å². The molecule has 0 fully saturated rings. The van der Waals surface area contributed by atoms with Crippen molar-refractivity contribution < 1.29 is 51.5 Å². The van der Waals surface area contributed by atoms with Crippen molar-refractivity contribution in [3.05, 3.63) is 12.7 Å². The van der Waals surface area contributed by atoms with Gasteiger partial charge in [-0.1, -0.05) is 168 Å². The lowest BCUT2D eigenvalue weighted by Gasteiger charge is -2.23. The van der Waals surface area contributed by atoms with E-state index in [2.05, 4.69) is 32.7 Å². The summed E-state index contributed by atoms with van der Waals surface area (Å²) in [5, 5.41) is 2.55. The molecule has 0 radical (unpaired) electrons. The summed E-state index contributed by atoms with van der Waals surface area (Å²) in [6.07, 6.45) is 30.7. The lowest BCUT2D eigenvalue weighted by Crippen LogP contribution is -2.34. The van der Waals surface area contributed by atoms with Gasteiger partial charge < -0.3 is 24.3 Å². The van der Waals surface area contributed by atoms with Crippen molar-refractivity contribution in [3.8, 4) is 0 Å². The van der Waals surface area contributed by atoms with Crippen molar-refractivity contribution in [2.24, 2.45) is 0 Å². The Hall–Kier alpha value is -1.98. The molecule has 0 rings (SSSR count). The Morgan fingerprint density at radius 2 is 1.02 bits per heavy atom. The third-order valence-corrected chi connectivity index (χ3v) is 11.8. The minimum Gasteiger partial charge on any atom is -0.462 e. The van der Waals surface area contributed by atoms with E-state index in [1.54, 1.807) is 20.8 Å². The SMILES string of the molecule is C=CCOP(=O)(OCCNC(=O)OC(C)(C)C)OC[C@H](COCC[C@@H](CCCCCCC)OC(=O)CCCCCCCCCCC)OC(=O)CCCCCCCCCCCCC. The second-order valence-corrected chi connectivity index (χ2v) is 19.4. The fourth-order valence-corrected chi connectivity index (χ4v) is 8.02. The van der Waals surface area contributed by atoms with E-state index in [9.17, 15) is 18.9 Å². The number of alkyl carbamates (subject to hydrolysis) is 1. The summed E-state index contributed by atoms with van der Waals surface area (Å²) in [7, 11) is -4.16. The predicted molar refractivity (Wildman–Crippen MR) is 251 cm³/mol. The first-order valence-electron chi connectivity index (χ1n) is 25.0. The van der Waals surface area contributed by atoms with Gasteiger partial charge in [0.15, 0.2) is 0 Å². The van der Waals surface area contributed by atoms with Gasteiger partial charge in [0.25, 0.3) is 0 Å². The summed E-state index contributed by atoms with van der Waals surface area (Å²) < 4.78 is 53.3. The number of phosphoric acid groups is 1. The first kappa shape index (κ1) is 60.0. The van der Waals surface area contributed by atoms with E-state index in [0.29, 0.717) is 19.3 Å².